The number of nitrogens with two attached hydrogens (primary N) is 1. The Morgan fingerprint density at radius 1 is 1.00 bits per heavy atom. The number of halogens is 1. The molecule has 140 valence electrons. The number of hydrogen-bond donors (Lipinski definition) is 2. The summed E-state index contributed by atoms with van der Waals surface area (Å²) >= 11 is 0. The number of benzene rings is 2. The van der Waals surface area contributed by atoms with Crippen LogP contribution in [0.1, 0.15) is 6.92 Å². The van der Waals surface area contributed by atoms with Crippen molar-refractivity contribution in [2.45, 2.75) is 6.92 Å². The van der Waals surface area contributed by atoms with Crippen molar-refractivity contribution in [1.29, 1.82) is 0 Å². The van der Waals surface area contributed by atoms with Crippen molar-refractivity contribution in [3.63, 3.8) is 0 Å². The third-order valence-electron chi connectivity index (χ3n) is 5.31. The molecule has 27 heavy (non-hydrogen) atoms. The minimum atomic E-state index is -0.297. The molecule has 1 spiro atoms. The maximum absolute atomic E-state index is 13.1. The third kappa shape index (κ3) is 3.20. The molecule has 0 aliphatic carbocycles. The van der Waals surface area contributed by atoms with Crippen LogP contribution in [0.3, 0.4) is 0 Å². The van der Waals surface area contributed by atoms with Crippen LogP contribution >= 0.6 is 0 Å². The lowest BCUT2D eigenvalue weighted by atomic mass is 9.73. The van der Waals surface area contributed by atoms with Gasteiger partial charge in [0.05, 0.1) is 11.4 Å². The first-order valence-corrected chi connectivity index (χ1v) is 8.82. The van der Waals surface area contributed by atoms with Gasteiger partial charge in [0.2, 0.25) is 5.91 Å². The molecule has 0 saturated carbocycles. The molecule has 2 aliphatic rings. The molecule has 0 unspecified atom stereocenters. The number of urea groups is 1. The molecule has 3 N–H and O–H groups in total. The zero-order chi connectivity index (χ0) is 19.2. The van der Waals surface area contributed by atoms with Gasteiger partial charge in [-0.3, -0.25) is 4.79 Å². The fourth-order valence-corrected chi connectivity index (χ4v) is 3.77. The van der Waals surface area contributed by atoms with Crippen LogP contribution in [0.25, 0.3) is 11.1 Å². The molecular formula is C20H21FN4O2. The normalized spacial score (nSPS) is 17.3. The number of likely N-dealkylation sites (tertiary alicyclic amines) is 2. The average molecular weight is 368 g/mol. The van der Waals surface area contributed by atoms with E-state index in [2.05, 4.69) is 5.32 Å². The first-order valence-electron chi connectivity index (χ1n) is 8.82. The molecule has 4 rings (SSSR count). The highest BCUT2D eigenvalue weighted by atomic mass is 19.1. The van der Waals surface area contributed by atoms with E-state index in [1.807, 2.05) is 6.07 Å². The van der Waals surface area contributed by atoms with Crippen LogP contribution in [0.4, 0.5) is 20.6 Å². The molecule has 0 aromatic heterocycles. The Kier molecular flexibility index (Phi) is 4.02. The Morgan fingerprint density at radius 3 is 2.22 bits per heavy atom. The van der Waals surface area contributed by atoms with E-state index in [0.29, 0.717) is 37.6 Å². The van der Waals surface area contributed by atoms with Gasteiger partial charge in [-0.05, 0) is 35.4 Å². The van der Waals surface area contributed by atoms with Crippen LogP contribution in [0, 0.1) is 11.2 Å². The van der Waals surface area contributed by atoms with Crippen LogP contribution < -0.4 is 11.1 Å². The second-order valence-electron chi connectivity index (χ2n) is 7.47. The molecule has 2 aliphatic heterocycles. The predicted molar refractivity (Wildman–Crippen MR) is 102 cm³/mol. The second kappa shape index (κ2) is 6.26. The summed E-state index contributed by atoms with van der Waals surface area (Å²) in [7, 11) is 0. The average Bonchev–Trinajstić information content (AvgIpc) is 2.55. The van der Waals surface area contributed by atoms with Gasteiger partial charge in [-0.2, -0.15) is 0 Å². The van der Waals surface area contributed by atoms with E-state index < -0.39 is 0 Å². The Bertz CT molecular complexity index is 899. The molecule has 2 saturated heterocycles. The molecular weight excluding hydrogens is 347 g/mol. The standard InChI is InChI=1S/C20H21FN4O2/c1-13(26)24-9-20(10-24)11-25(12-20)19(27)23-18-8-15(4-7-17(18)22)14-2-5-16(21)6-3-14/h2-8H,9-12,22H2,1H3,(H,23,27). The maximum atomic E-state index is 13.1. The second-order valence-corrected chi connectivity index (χ2v) is 7.47. The molecule has 2 heterocycles. The van der Waals surface area contributed by atoms with Gasteiger partial charge in [0.15, 0.2) is 0 Å². The van der Waals surface area contributed by atoms with E-state index in [1.54, 1.807) is 41.0 Å². The number of amides is 3. The van der Waals surface area contributed by atoms with E-state index in [4.69, 9.17) is 5.73 Å². The highest BCUT2D eigenvalue weighted by Gasteiger charge is 2.53. The number of rotatable bonds is 2. The number of nitrogens with one attached hydrogen (secondary N) is 1. The predicted octanol–water partition coefficient (Wildman–Crippen LogP) is 2.77. The number of hydrogen-bond acceptors (Lipinski definition) is 3. The van der Waals surface area contributed by atoms with Crippen molar-refractivity contribution >= 4 is 23.3 Å². The lowest BCUT2D eigenvalue weighted by molar-refractivity contribution is -0.151. The summed E-state index contributed by atoms with van der Waals surface area (Å²) in [4.78, 5) is 27.3. The topological polar surface area (TPSA) is 78.7 Å². The van der Waals surface area contributed by atoms with Gasteiger partial charge in [0, 0.05) is 38.5 Å². The molecule has 6 nitrogen and oxygen atoms in total. The zero-order valence-corrected chi connectivity index (χ0v) is 15.0. The Balaban J connectivity index is 1.41. The summed E-state index contributed by atoms with van der Waals surface area (Å²) < 4.78 is 13.1. The first kappa shape index (κ1) is 17.3. The van der Waals surface area contributed by atoms with Gasteiger partial charge in [0.25, 0.3) is 0 Å². The number of carbonyl (C=O) groups excluding carboxylic acids is 2. The Labute approximate surface area is 156 Å². The first-order chi connectivity index (χ1) is 12.8. The summed E-state index contributed by atoms with van der Waals surface area (Å²) in [6.07, 6.45) is 0. The van der Waals surface area contributed by atoms with Crippen molar-refractivity contribution in [2.75, 3.05) is 37.2 Å². The monoisotopic (exact) mass is 368 g/mol. The highest BCUT2D eigenvalue weighted by molar-refractivity contribution is 5.94. The fraction of sp³-hybridized carbons (Fsp3) is 0.300. The smallest absolute Gasteiger partial charge is 0.321 e. The molecule has 2 fully saturated rings. The van der Waals surface area contributed by atoms with E-state index >= 15 is 0 Å². The molecule has 0 bridgehead atoms. The molecule has 2 aromatic carbocycles. The lowest BCUT2D eigenvalue weighted by Crippen LogP contribution is -2.73. The van der Waals surface area contributed by atoms with Gasteiger partial charge in [-0.25, -0.2) is 9.18 Å². The van der Waals surface area contributed by atoms with E-state index in [-0.39, 0.29) is 23.2 Å². The van der Waals surface area contributed by atoms with Crippen molar-refractivity contribution in [2.24, 2.45) is 5.41 Å². The summed E-state index contributed by atoms with van der Waals surface area (Å²) in [5, 5.41) is 2.86. The quantitative estimate of drug-likeness (QED) is 0.800. The van der Waals surface area contributed by atoms with Gasteiger partial charge in [0.1, 0.15) is 5.82 Å². The highest BCUT2D eigenvalue weighted by Crippen LogP contribution is 2.40. The third-order valence-corrected chi connectivity index (χ3v) is 5.31. The summed E-state index contributed by atoms with van der Waals surface area (Å²) in [5.74, 6) is -0.220. The molecule has 0 atom stereocenters. The minimum absolute atomic E-state index is 0.0600. The summed E-state index contributed by atoms with van der Waals surface area (Å²) in [5.41, 5.74) is 8.75. The minimum Gasteiger partial charge on any atom is -0.397 e. The number of anilines is 2. The molecule has 0 radical (unpaired) electrons. The van der Waals surface area contributed by atoms with E-state index in [9.17, 15) is 14.0 Å². The van der Waals surface area contributed by atoms with Crippen LogP contribution in [-0.2, 0) is 4.79 Å². The summed E-state index contributed by atoms with van der Waals surface area (Å²) in [6.45, 7) is 4.27. The van der Waals surface area contributed by atoms with Gasteiger partial charge >= 0.3 is 6.03 Å². The maximum Gasteiger partial charge on any atom is 0.321 e. The van der Waals surface area contributed by atoms with Crippen molar-refractivity contribution < 1.29 is 14.0 Å². The van der Waals surface area contributed by atoms with Crippen LogP contribution in [0.2, 0.25) is 0 Å². The lowest BCUT2D eigenvalue weighted by Gasteiger charge is -2.59. The van der Waals surface area contributed by atoms with E-state index in [1.165, 1.54) is 12.1 Å². The van der Waals surface area contributed by atoms with Gasteiger partial charge < -0.3 is 20.9 Å². The van der Waals surface area contributed by atoms with Gasteiger partial charge in [-0.15, -0.1) is 0 Å². The van der Waals surface area contributed by atoms with Crippen molar-refractivity contribution in [3.8, 4) is 11.1 Å². The largest absolute Gasteiger partial charge is 0.397 e. The molecule has 2 aromatic rings. The van der Waals surface area contributed by atoms with Crippen LogP contribution in [0.15, 0.2) is 42.5 Å². The van der Waals surface area contributed by atoms with Gasteiger partial charge in [-0.1, -0.05) is 18.2 Å². The number of carbonyl (C=O) groups is 2. The van der Waals surface area contributed by atoms with Crippen molar-refractivity contribution in [3.05, 3.63) is 48.3 Å². The SMILES string of the molecule is CC(=O)N1CC2(C1)CN(C(=O)Nc1cc(-c3ccc(F)cc3)ccc1N)C2. The Morgan fingerprint density at radius 2 is 1.59 bits per heavy atom. The summed E-state index contributed by atoms with van der Waals surface area (Å²) in [6, 6.07) is 11.3. The number of nitrogens with zero attached hydrogens (tertiary/aromatic N) is 2. The van der Waals surface area contributed by atoms with E-state index in [0.717, 1.165) is 11.1 Å². The van der Waals surface area contributed by atoms with Crippen LogP contribution in [0.5, 0.6) is 0 Å². The van der Waals surface area contributed by atoms with Crippen molar-refractivity contribution in [1.82, 2.24) is 9.80 Å². The number of nitrogen functional groups attached to an aromatic ring is 1. The Hall–Kier alpha value is -3.09. The fourth-order valence-electron chi connectivity index (χ4n) is 3.77. The molecule has 3 amide bonds. The van der Waals surface area contributed by atoms with Crippen LogP contribution in [-0.4, -0.2) is 47.9 Å². The molecule has 7 heteroatoms. The zero-order valence-electron chi connectivity index (χ0n) is 15.0.